The number of fused-ring (bicyclic) bond motifs is 2. The molecule has 2 aliphatic rings. The quantitative estimate of drug-likeness (QED) is 0.163. The molecular formula is C11H13N6NaO6S2. The second-order valence-corrected chi connectivity index (χ2v) is 7.23. The summed E-state index contributed by atoms with van der Waals surface area (Å²) in [5.41, 5.74) is 11.3. The van der Waals surface area contributed by atoms with Gasteiger partial charge in [-0.2, -0.15) is 14.3 Å². The van der Waals surface area contributed by atoms with Crippen LogP contribution in [0.5, 0.6) is 0 Å². The van der Waals surface area contributed by atoms with E-state index in [-0.39, 0.29) is 52.8 Å². The maximum atomic E-state index is 12.2. The van der Waals surface area contributed by atoms with Gasteiger partial charge in [0.15, 0.2) is 5.01 Å². The zero-order chi connectivity index (χ0) is 18.4. The Morgan fingerprint density at radius 3 is 2.73 bits per heavy atom. The van der Waals surface area contributed by atoms with Gasteiger partial charge in [0.2, 0.25) is 10.4 Å². The van der Waals surface area contributed by atoms with Crippen LogP contribution in [-0.2, 0) is 14.7 Å². The van der Waals surface area contributed by atoms with E-state index >= 15 is 0 Å². The van der Waals surface area contributed by atoms with Crippen molar-refractivity contribution in [1.29, 1.82) is 0 Å². The number of rotatable bonds is 4. The molecule has 0 unspecified atom stereocenters. The SMILES string of the molecule is NC(=NC(=O)c1nc(N)cs1)[C@@H]1CC[C@@H]2CN1C(=O)N2OS(=O)(=O)[O-].[Na+]. The number of aliphatic imine (C=N–C) groups is 1. The largest absolute Gasteiger partial charge is 1.00 e. The molecule has 3 rings (SSSR count). The van der Waals surface area contributed by atoms with Gasteiger partial charge in [-0.3, -0.25) is 4.79 Å². The number of nitrogen functional groups attached to an aromatic ring is 1. The number of anilines is 1. The van der Waals surface area contributed by atoms with Crippen LogP contribution in [0.25, 0.3) is 0 Å². The van der Waals surface area contributed by atoms with Gasteiger partial charge in [-0.25, -0.2) is 18.2 Å². The number of urea groups is 1. The number of carbonyl (C=O) groups excluding carboxylic acids is 2. The van der Waals surface area contributed by atoms with Crippen molar-refractivity contribution in [2.75, 3.05) is 12.3 Å². The maximum absolute atomic E-state index is 12.2. The van der Waals surface area contributed by atoms with E-state index in [9.17, 15) is 22.6 Å². The van der Waals surface area contributed by atoms with Gasteiger partial charge >= 0.3 is 41.5 Å². The standard InChI is InChI=1S/C11H14N6O6S2.Na/c12-7-4-24-10(14-7)9(18)15-8(13)6-2-1-5-3-16(6)11(19)17(5)23-25(20,21)22;/h4-6H,1-3,12H2,(H2,13,15,18)(H,20,21,22);/q;+1/p-1/t5-,6+;/m1./s1. The predicted molar refractivity (Wildman–Crippen MR) is 84.0 cm³/mol. The fourth-order valence-corrected chi connectivity index (χ4v) is 3.73. The fraction of sp³-hybridized carbons (Fsp3) is 0.455. The topological polar surface area (TPSA) is 184 Å². The summed E-state index contributed by atoms with van der Waals surface area (Å²) in [7, 11) is -5.08. The molecule has 4 N–H and O–H groups in total. The van der Waals surface area contributed by atoms with Crippen molar-refractivity contribution in [1.82, 2.24) is 14.9 Å². The molecule has 136 valence electrons. The normalized spacial score (nSPS) is 23.1. The van der Waals surface area contributed by atoms with Gasteiger partial charge < -0.3 is 20.9 Å². The number of hydrogen-bond donors (Lipinski definition) is 2. The molecule has 12 nitrogen and oxygen atoms in total. The summed E-state index contributed by atoms with van der Waals surface area (Å²) in [6.45, 7) is 0.105. The van der Waals surface area contributed by atoms with E-state index in [1.165, 1.54) is 10.3 Å². The predicted octanol–water partition coefficient (Wildman–Crippen LogP) is -4.11. The number of thiazole rings is 1. The summed E-state index contributed by atoms with van der Waals surface area (Å²) in [6, 6.07) is -2.13. The molecule has 2 atom stereocenters. The molecule has 15 heteroatoms. The maximum Gasteiger partial charge on any atom is 1.00 e. The number of amidine groups is 1. The molecule has 3 heterocycles. The van der Waals surface area contributed by atoms with Crippen molar-refractivity contribution < 1.29 is 56.4 Å². The Morgan fingerprint density at radius 1 is 1.46 bits per heavy atom. The Bertz CT molecular complexity index is 857. The van der Waals surface area contributed by atoms with Gasteiger partial charge in [0.05, 0.1) is 12.1 Å². The Hall–Kier alpha value is -1.29. The zero-order valence-corrected chi connectivity index (χ0v) is 17.2. The second-order valence-electron chi connectivity index (χ2n) is 5.41. The molecule has 1 aromatic rings. The number of nitrogens with zero attached hydrogens (tertiary/aromatic N) is 4. The minimum Gasteiger partial charge on any atom is -0.724 e. The van der Waals surface area contributed by atoms with Crippen LogP contribution in [0.2, 0.25) is 0 Å². The summed E-state index contributed by atoms with van der Waals surface area (Å²) in [5.74, 6) is -0.621. The summed E-state index contributed by atoms with van der Waals surface area (Å²) >= 11 is 1.01. The summed E-state index contributed by atoms with van der Waals surface area (Å²) in [4.78, 5) is 33.0. The third-order valence-corrected chi connectivity index (χ3v) is 4.96. The molecule has 0 saturated carbocycles. The van der Waals surface area contributed by atoms with Crippen molar-refractivity contribution in [3.8, 4) is 0 Å². The van der Waals surface area contributed by atoms with E-state index in [0.717, 1.165) is 11.3 Å². The molecule has 3 amide bonds. The number of carbonyl (C=O) groups is 2. The van der Waals surface area contributed by atoms with Crippen LogP contribution < -0.4 is 41.0 Å². The van der Waals surface area contributed by atoms with Gasteiger partial charge in [0.25, 0.3) is 0 Å². The van der Waals surface area contributed by atoms with Crippen LogP contribution >= 0.6 is 11.3 Å². The van der Waals surface area contributed by atoms with E-state index in [1.807, 2.05) is 0 Å². The van der Waals surface area contributed by atoms with E-state index in [2.05, 4.69) is 14.3 Å². The Kier molecular flexibility index (Phi) is 6.27. The van der Waals surface area contributed by atoms with E-state index in [1.54, 1.807) is 0 Å². The molecule has 0 radical (unpaired) electrons. The number of aromatic nitrogens is 1. The second kappa shape index (κ2) is 7.75. The third-order valence-electron chi connectivity index (χ3n) is 3.77. The third kappa shape index (κ3) is 4.33. The van der Waals surface area contributed by atoms with Crippen molar-refractivity contribution in [3.05, 3.63) is 10.4 Å². The summed E-state index contributed by atoms with van der Waals surface area (Å²) in [5, 5.41) is 2.07. The number of hydrogen-bond acceptors (Lipinski definition) is 9. The van der Waals surface area contributed by atoms with Gasteiger partial charge in [-0.05, 0) is 12.8 Å². The van der Waals surface area contributed by atoms with Crippen LogP contribution in [0.3, 0.4) is 0 Å². The van der Waals surface area contributed by atoms with Crippen molar-refractivity contribution in [2.45, 2.75) is 24.9 Å². The first-order chi connectivity index (χ1) is 11.7. The first-order valence-corrected chi connectivity index (χ1v) is 9.21. The molecule has 2 fully saturated rings. The Morgan fingerprint density at radius 2 is 2.15 bits per heavy atom. The summed E-state index contributed by atoms with van der Waals surface area (Å²) < 4.78 is 36.4. The van der Waals surface area contributed by atoms with Crippen LogP contribution in [0.15, 0.2) is 10.4 Å². The van der Waals surface area contributed by atoms with Crippen LogP contribution in [-0.4, -0.2) is 64.3 Å². The van der Waals surface area contributed by atoms with Crippen molar-refractivity contribution in [3.63, 3.8) is 0 Å². The Balaban J connectivity index is 0.00000243. The average Bonchev–Trinajstić information content (AvgIpc) is 3.05. The summed E-state index contributed by atoms with van der Waals surface area (Å²) in [6.07, 6.45) is 0.662. The first kappa shape index (κ1) is 21.0. The number of piperidine rings is 1. The zero-order valence-electron chi connectivity index (χ0n) is 13.6. The van der Waals surface area contributed by atoms with Gasteiger partial charge in [-0.15, -0.1) is 11.3 Å². The first-order valence-electron chi connectivity index (χ1n) is 7.00. The van der Waals surface area contributed by atoms with Gasteiger partial charge in [0, 0.05) is 11.9 Å². The molecule has 0 aromatic carbocycles. The molecular weight excluding hydrogens is 399 g/mol. The minimum atomic E-state index is -5.08. The van der Waals surface area contributed by atoms with Crippen LogP contribution in [0, 0.1) is 0 Å². The monoisotopic (exact) mass is 412 g/mol. The van der Waals surface area contributed by atoms with E-state index in [0.29, 0.717) is 17.9 Å². The number of amides is 3. The molecule has 2 saturated heterocycles. The molecule has 2 bridgehead atoms. The molecule has 0 aliphatic carbocycles. The molecule has 0 spiro atoms. The van der Waals surface area contributed by atoms with Crippen molar-refractivity contribution in [2.24, 2.45) is 10.7 Å². The van der Waals surface area contributed by atoms with E-state index in [4.69, 9.17) is 11.5 Å². The Labute approximate surface area is 174 Å². The van der Waals surface area contributed by atoms with Crippen LogP contribution in [0.1, 0.15) is 22.6 Å². The molecule has 1 aromatic heterocycles. The molecule has 2 aliphatic heterocycles. The van der Waals surface area contributed by atoms with Gasteiger partial charge in [0.1, 0.15) is 11.7 Å². The average molecular weight is 412 g/mol. The smallest absolute Gasteiger partial charge is 0.724 e. The molecule has 26 heavy (non-hydrogen) atoms. The fourth-order valence-electron chi connectivity index (χ4n) is 2.76. The number of nitrogens with two attached hydrogens (primary N) is 2. The number of hydroxylamine groups is 2. The minimum absolute atomic E-state index is 0. The van der Waals surface area contributed by atoms with E-state index < -0.39 is 34.4 Å². The van der Waals surface area contributed by atoms with Gasteiger partial charge in [-0.1, -0.05) is 0 Å². The van der Waals surface area contributed by atoms with Crippen molar-refractivity contribution >= 4 is 45.3 Å². The van der Waals surface area contributed by atoms with Crippen LogP contribution in [0.4, 0.5) is 10.6 Å².